The zero-order valence-electron chi connectivity index (χ0n) is 26.0. The zero-order chi connectivity index (χ0) is 32.6. The number of hydrogen-bond acceptors (Lipinski definition) is 7. The molecule has 0 radical (unpaired) electrons. The SMILES string of the molecule is CN(CC(=O)NCC1CCN(C(=O)OC(C)(C)C)CC1)C(=O)c1ccc(S(=O)(=O)N(Oc2ccccc2)c2ccccc2)cc1. The molecule has 1 heterocycles. The summed E-state index contributed by atoms with van der Waals surface area (Å²) in [6.07, 6.45) is 1.15. The highest BCUT2D eigenvalue weighted by molar-refractivity contribution is 7.92. The maximum atomic E-state index is 13.6. The molecule has 3 aromatic carbocycles. The van der Waals surface area contributed by atoms with Gasteiger partial charge < -0.3 is 24.7 Å². The Kier molecular flexibility index (Phi) is 10.7. The Balaban J connectivity index is 1.32. The second kappa shape index (κ2) is 14.5. The summed E-state index contributed by atoms with van der Waals surface area (Å²) in [5.41, 5.74) is -0.0125. The number of hydrogen-bond donors (Lipinski definition) is 1. The van der Waals surface area contributed by atoms with Gasteiger partial charge in [0.05, 0.1) is 17.1 Å². The van der Waals surface area contributed by atoms with Crippen LogP contribution in [0.4, 0.5) is 10.5 Å². The lowest BCUT2D eigenvalue weighted by Crippen LogP contribution is -2.45. The van der Waals surface area contributed by atoms with Crippen LogP contribution in [0.3, 0.4) is 0 Å². The zero-order valence-corrected chi connectivity index (χ0v) is 26.8. The molecule has 3 amide bonds. The molecule has 0 spiro atoms. The van der Waals surface area contributed by atoms with Crippen molar-refractivity contribution in [3.63, 3.8) is 0 Å². The number of carbonyl (C=O) groups excluding carboxylic acids is 3. The van der Waals surface area contributed by atoms with Crippen molar-refractivity contribution in [3.05, 3.63) is 90.5 Å². The number of nitrogens with zero attached hydrogens (tertiary/aromatic N) is 3. The molecule has 0 aromatic heterocycles. The second-order valence-electron chi connectivity index (χ2n) is 11.9. The van der Waals surface area contributed by atoms with Crippen LogP contribution in [-0.4, -0.2) is 75.0 Å². The highest BCUT2D eigenvalue weighted by Gasteiger charge is 2.29. The number of piperidine rings is 1. The van der Waals surface area contributed by atoms with Crippen LogP contribution in [0.2, 0.25) is 0 Å². The van der Waals surface area contributed by atoms with Gasteiger partial charge in [-0.1, -0.05) is 40.9 Å². The van der Waals surface area contributed by atoms with Crippen LogP contribution >= 0.6 is 0 Å². The predicted octanol–water partition coefficient (Wildman–Crippen LogP) is 4.71. The molecule has 0 saturated carbocycles. The number of sulfonamides is 1. The lowest BCUT2D eigenvalue weighted by molar-refractivity contribution is -0.121. The maximum absolute atomic E-state index is 13.6. The van der Waals surface area contributed by atoms with Gasteiger partial charge in [0.2, 0.25) is 5.91 Å². The molecule has 240 valence electrons. The molecule has 1 aliphatic heterocycles. The van der Waals surface area contributed by atoms with Crippen LogP contribution < -0.4 is 14.6 Å². The van der Waals surface area contributed by atoms with Gasteiger partial charge in [0.25, 0.3) is 15.9 Å². The molecule has 12 heteroatoms. The summed E-state index contributed by atoms with van der Waals surface area (Å²) in [6, 6.07) is 22.5. The number of likely N-dealkylation sites (N-methyl/N-ethyl adjacent to an activating group) is 1. The molecule has 1 fully saturated rings. The minimum absolute atomic E-state index is 0.0723. The van der Waals surface area contributed by atoms with Gasteiger partial charge in [-0.3, -0.25) is 9.59 Å². The fourth-order valence-electron chi connectivity index (χ4n) is 4.70. The van der Waals surface area contributed by atoms with Crippen molar-refractivity contribution in [1.29, 1.82) is 0 Å². The van der Waals surface area contributed by atoms with Gasteiger partial charge in [-0.05, 0) is 88.1 Å². The third-order valence-corrected chi connectivity index (χ3v) is 8.69. The minimum atomic E-state index is -4.18. The summed E-state index contributed by atoms with van der Waals surface area (Å²) < 4.78 is 33.5. The summed E-state index contributed by atoms with van der Waals surface area (Å²) in [7, 11) is -2.66. The van der Waals surface area contributed by atoms with E-state index in [4.69, 9.17) is 9.57 Å². The average Bonchev–Trinajstić information content (AvgIpc) is 3.02. The van der Waals surface area contributed by atoms with Gasteiger partial charge >= 0.3 is 6.09 Å². The number of carbonyl (C=O) groups is 3. The normalized spacial score (nSPS) is 13.9. The molecule has 0 bridgehead atoms. The maximum Gasteiger partial charge on any atom is 0.410 e. The lowest BCUT2D eigenvalue weighted by Gasteiger charge is -2.33. The first-order valence-electron chi connectivity index (χ1n) is 14.8. The Bertz CT molecular complexity index is 1550. The van der Waals surface area contributed by atoms with Crippen LogP contribution in [0.5, 0.6) is 5.75 Å². The van der Waals surface area contributed by atoms with E-state index in [9.17, 15) is 22.8 Å². The van der Waals surface area contributed by atoms with E-state index < -0.39 is 21.5 Å². The molecular formula is C33H40N4O7S. The molecule has 3 aromatic rings. The van der Waals surface area contributed by atoms with Crippen molar-refractivity contribution in [2.45, 2.75) is 44.1 Å². The van der Waals surface area contributed by atoms with Crippen molar-refractivity contribution in [1.82, 2.24) is 15.1 Å². The minimum Gasteiger partial charge on any atom is -0.444 e. The fourth-order valence-corrected chi connectivity index (χ4v) is 5.96. The summed E-state index contributed by atoms with van der Waals surface area (Å²) >= 11 is 0. The molecule has 45 heavy (non-hydrogen) atoms. The topological polar surface area (TPSA) is 126 Å². The Hall–Kier alpha value is -4.58. The first-order valence-corrected chi connectivity index (χ1v) is 16.2. The van der Waals surface area contributed by atoms with E-state index in [1.807, 2.05) is 20.8 Å². The van der Waals surface area contributed by atoms with Gasteiger partial charge in [0.1, 0.15) is 5.60 Å². The molecule has 0 unspecified atom stereocenters. The number of benzene rings is 3. The van der Waals surface area contributed by atoms with E-state index >= 15 is 0 Å². The fraction of sp³-hybridized carbons (Fsp3) is 0.364. The average molecular weight is 637 g/mol. The van der Waals surface area contributed by atoms with E-state index in [0.29, 0.717) is 31.1 Å². The largest absolute Gasteiger partial charge is 0.444 e. The van der Waals surface area contributed by atoms with Gasteiger partial charge in [-0.15, -0.1) is 0 Å². The number of nitrogens with one attached hydrogen (secondary N) is 1. The smallest absolute Gasteiger partial charge is 0.410 e. The second-order valence-corrected chi connectivity index (χ2v) is 13.6. The summed E-state index contributed by atoms with van der Waals surface area (Å²) in [6.45, 7) is 6.88. The lowest BCUT2D eigenvalue weighted by atomic mass is 9.97. The molecule has 11 nitrogen and oxygen atoms in total. The number of ether oxygens (including phenoxy) is 1. The molecule has 1 N–H and O–H groups in total. The number of anilines is 1. The number of rotatable bonds is 10. The Labute approximate surface area is 264 Å². The highest BCUT2D eigenvalue weighted by atomic mass is 32.2. The van der Waals surface area contributed by atoms with Crippen molar-refractivity contribution < 1.29 is 32.4 Å². The van der Waals surface area contributed by atoms with E-state index in [1.54, 1.807) is 65.6 Å². The number of para-hydroxylation sites is 2. The Morgan fingerprint density at radius 3 is 2.04 bits per heavy atom. The van der Waals surface area contributed by atoms with E-state index in [-0.39, 0.29) is 34.9 Å². The van der Waals surface area contributed by atoms with Gasteiger partial charge in [0, 0.05) is 32.2 Å². The predicted molar refractivity (Wildman–Crippen MR) is 170 cm³/mol. The first kappa shape index (κ1) is 33.3. The van der Waals surface area contributed by atoms with Crippen molar-refractivity contribution >= 4 is 33.6 Å². The molecule has 4 rings (SSSR count). The summed E-state index contributed by atoms with van der Waals surface area (Å²) in [5, 5.41) is 2.88. The Morgan fingerprint density at radius 2 is 1.47 bits per heavy atom. The monoisotopic (exact) mass is 636 g/mol. The van der Waals surface area contributed by atoms with Crippen molar-refractivity contribution in [2.24, 2.45) is 5.92 Å². The van der Waals surface area contributed by atoms with Crippen LogP contribution in [-0.2, 0) is 19.6 Å². The molecule has 0 atom stereocenters. The van der Waals surface area contributed by atoms with Gasteiger partial charge in [-0.25, -0.2) is 4.79 Å². The third kappa shape index (κ3) is 9.21. The standard InChI is InChI=1S/C33H40N4O7S/c1-33(2,3)43-32(40)36-21-19-25(20-22-36)23-34-30(38)24-35(4)31(39)26-15-17-29(18-16-26)45(41,42)37(27-11-7-5-8-12-27)44-28-13-9-6-10-14-28/h5-18,25H,19-24H2,1-4H3,(H,34,38). The van der Waals surface area contributed by atoms with Gasteiger partial charge in [-0.2, -0.15) is 8.42 Å². The Morgan fingerprint density at radius 1 is 0.889 bits per heavy atom. The van der Waals surface area contributed by atoms with E-state index in [2.05, 4.69) is 5.32 Å². The molecule has 1 aliphatic rings. The molecular weight excluding hydrogens is 596 g/mol. The quantitative estimate of drug-likeness (QED) is 0.320. The molecule has 1 saturated heterocycles. The summed E-state index contributed by atoms with van der Waals surface area (Å²) in [5.74, 6) is -0.191. The van der Waals surface area contributed by atoms with Crippen LogP contribution in [0.25, 0.3) is 0 Å². The summed E-state index contributed by atoms with van der Waals surface area (Å²) in [4.78, 5) is 46.6. The molecule has 0 aliphatic carbocycles. The van der Waals surface area contributed by atoms with Gasteiger partial charge in [0.15, 0.2) is 5.75 Å². The highest BCUT2D eigenvalue weighted by Crippen LogP contribution is 2.26. The van der Waals surface area contributed by atoms with E-state index in [0.717, 1.165) is 17.3 Å². The number of likely N-dealkylation sites (tertiary alicyclic amines) is 1. The van der Waals surface area contributed by atoms with E-state index in [1.165, 1.54) is 36.2 Å². The van der Waals surface area contributed by atoms with Crippen LogP contribution in [0, 0.1) is 5.92 Å². The van der Waals surface area contributed by atoms with Crippen LogP contribution in [0.1, 0.15) is 44.0 Å². The van der Waals surface area contributed by atoms with Crippen molar-refractivity contribution in [3.8, 4) is 5.75 Å². The van der Waals surface area contributed by atoms with Crippen molar-refractivity contribution in [2.75, 3.05) is 37.7 Å². The third-order valence-electron chi connectivity index (χ3n) is 7.10. The first-order chi connectivity index (χ1) is 21.3. The number of amides is 3. The van der Waals surface area contributed by atoms with Crippen LogP contribution in [0.15, 0.2) is 89.8 Å².